The van der Waals surface area contributed by atoms with E-state index in [1.165, 1.54) is 12.1 Å². The van der Waals surface area contributed by atoms with Crippen LogP contribution < -0.4 is 5.73 Å². The Morgan fingerprint density at radius 1 is 1.56 bits per heavy atom. The van der Waals surface area contributed by atoms with Gasteiger partial charge in [0, 0.05) is 24.8 Å². The predicted octanol–water partition coefficient (Wildman–Crippen LogP) is 1.33. The van der Waals surface area contributed by atoms with E-state index >= 15 is 0 Å². The zero-order chi connectivity index (χ0) is 13.0. The van der Waals surface area contributed by atoms with Crippen LogP contribution in [0.25, 0.3) is 0 Å². The van der Waals surface area contributed by atoms with Crippen LogP contribution in [0.4, 0.5) is 0 Å². The van der Waals surface area contributed by atoms with Crippen molar-refractivity contribution in [3.05, 3.63) is 11.8 Å². The van der Waals surface area contributed by atoms with Gasteiger partial charge in [-0.2, -0.15) is 0 Å². The number of carbonyl (C=O) groups excluding carboxylic acids is 1. The fraction of sp³-hybridized carbons (Fsp3) is 0.786. The van der Waals surface area contributed by atoms with Gasteiger partial charge in [-0.1, -0.05) is 6.08 Å². The number of allylic oxidation sites excluding steroid dienone is 2. The lowest BCUT2D eigenvalue weighted by atomic mass is 10.1. The highest BCUT2D eigenvalue weighted by Gasteiger charge is 2.23. The second-order valence-corrected chi connectivity index (χ2v) is 5.36. The van der Waals surface area contributed by atoms with Crippen molar-refractivity contribution in [2.45, 2.75) is 45.1 Å². The number of amides is 1. The van der Waals surface area contributed by atoms with E-state index in [9.17, 15) is 4.79 Å². The second-order valence-electron chi connectivity index (χ2n) is 5.36. The molecule has 1 unspecified atom stereocenters. The highest BCUT2D eigenvalue weighted by Crippen LogP contribution is 2.21. The van der Waals surface area contributed by atoms with Crippen molar-refractivity contribution in [2.24, 2.45) is 5.73 Å². The Kier molecular flexibility index (Phi) is 4.78. The molecular weight excluding hydrogens is 226 g/mol. The lowest BCUT2D eigenvalue weighted by Crippen LogP contribution is -2.47. The van der Waals surface area contributed by atoms with Gasteiger partial charge in [0.25, 0.3) is 0 Å². The van der Waals surface area contributed by atoms with E-state index in [0.29, 0.717) is 6.54 Å². The Morgan fingerprint density at radius 2 is 2.39 bits per heavy atom. The Bertz CT molecular complexity index is 327. The fourth-order valence-corrected chi connectivity index (χ4v) is 2.95. The van der Waals surface area contributed by atoms with Crippen LogP contribution >= 0.6 is 0 Å². The van der Waals surface area contributed by atoms with Crippen LogP contribution in [0.2, 0.25) is 0 Å². The molecule has 0 bridgehead atoms. The minimum absolute atomic E-state index is 0.236. The van der Waals surface area contributed by atoms with Crippen molar-refractivity contribution >= 4 is 5.91 Å². The fourth-order valence-electron chi connectivity index (χ4n) is 2.95. The highest BCUT2D eigenvalue weighted by molar-refractivity contribution is 5.80. The molecule has 4 heteroatoms. The van der Waals surface area contributed by atoms with Gasteiger partial charge in [-0.05, 0) is 45.6 Å². The lowest BCUT2D eigenvalue weighted by molar-refractivity contribution is -0.130. The zero-order valence-corrected chi connectivity index (χ0v) is 11.4. The van der Waals surface area contributed by atoms with Crippen LogP contribution in [0.1, 0.15) is 39.0 Å². The summed E-state index contributed by atoms with van der Waals surface area (Å²) in [4.78, 5) is 16.5. The number of carbonyl (C=O) groups is 1. The van der Waals surface area contributed by atoms with Gasteiger partial charge in [0.1, 0.15) is 0 Å². The maximum absolute atomic E-state index is 12.3. The molecule has 0 spiro atoms. The van der Waals surface area contributed by atoms with Gasteiger partial charge in [0.15, 0.2) is 0 Å². The Labute approximate surface area is 110 Å². The summed E-state index contributed by atoms with van der Waals surface area (Å²) in [5, 5.41) is 0. The first-order valence-corrected chi connectivity index (χ1v) is 7.18. The number of likely N-dealkylation sites (N-methyl/N-ethyl adjacent to an activating group) is 1. The number of hydrogen-bond acceptors (Lipinski definition) is 3. The molecule has 1 atom stereocenters. The molecular formula is C14H25N3O. The van der Waals surface area contributed by atoms with E-state index < -0.39 is 0 Å². The van der Waals surface area contributed by atoms with Gasteiger partial charge < -0.3 is 10.6 Å². The van der Waals surface area contributed by atoms with Crippen molar-refractivity contribution in [1.82, 2.24) is 9.80 Å². The van der Waals surface area contributed by atoms with Crippen LogP contribution in [0.5, 0.6) is 0 Å². The Morgan fingerprint density at radius 3 is 3.00 bits per heavy atom. The summed E-state index contributed by atoms with van der Waals surface area (Å²) in [5.74, 6) is 0.236. The predicted molar refractivity (Wildman–Crippen MR) is 73.0 cm³/mol. The first-order valence-electron chi connectivity index (χ1n) is 7.18. The van der Waals surface area contributed by atoms with Crippen molar-refractivity contribution in [1.29, 1.82) is 0 Å². The molecule has 0 saturated carbocycles. The largest absolute Gasteiger partial charge is 0.327 e. The third-order valence-electron chi connectivity index (χ3n) is 3.88. The van der Waals surface area contributed by atoms with Crippen LogP contribution in [0.3, 0.4) is 0 Å². The summed E-state index contributed by atoms with van der Waals surface area (Å²) in [6, 6.07) is 0.243. The summed E-state index contributed by atoms with van der Waals surface area (Å²) in [6.45, 7) is 5.24. The average Bonchev–Trinajstić information content (AvgIpc) is 2.83. The van der Waals surface area contributed by atoms with Crippen LogP contribution in [-0.4, -0.2) is 47.9 Å². The van der Waals surface area contributed by atoms with Gasteiger partial charge in [0.05, 0.1) is 6.54 Å². The molecule has 1 heterocycles. The SMILES string of the molecule is CCN(C(=O)CN1CCCC(N)C1)C1=CCCC1. The van der Waals surface area contributed by atoms with Gasteiger partial charge in [-0.3, -0.25) is 9.69 Å². The molecule has 1 aliphatic carbocycles. The molecule has 1 saturated heterocycles. The molecule has 0 aromatic carbocycles. The number of piperidine rings is 1. The number of nitrogens with zero attached hydrogens (tertiary/aromatic N) is 2. The molecule has 2 N–H and O–H groups in total. The third kappa shape index (κ3) is 3.33. The third-order valence-corrected chi connectivity index (χ3v) is 3.88. The monoisotopic (exact) mass is 251 g/mol. The Hall–Kier alpha value is -0.870. The molecule has 4 nitrogen and oxygen atoms in total. The van der Waals surface area contributed by atoms with Crippen molar-refractivity contribution in [2.75, 3.05) is 26.2 Å². The summed E-state index contributed by atoms with van der Waals surface area (Å²) >= 11 is 0. The Balaban J connectivity index is 1.89. The van der Waals surface area contributed by atoms with E-state index in [-0.39, 0.29) is 11.9 Å². The minimum atomic E-state index is 0.236. The maximum Gasteiger partial charge on any atom is 0.240 e. The van der Waals surface area contributed by atoms with Gasteiger partial charge >= 0.3 is 0 Å². The molecule has 1 aliphatic heterocycles. The summed E-state index contributed by atoms with van der Waals surface area (Å²) < 4.78 is 0. The quantitative estimate of drug-likeness (QED) is 0.820. The number of likely N-dealkylation sites (tertiary alicyclic amines) is 1. The van der Waals surface area contributed by atoms with Crippen LogP contribution in [-0.2, 0) is 4.79 Å². The summed E-state index contributed by atoms with van der Waals surface area (Å²) in [5.41, 5.74) is 7.18. The highest BCUT2D eigenvalue weighted by atomic mass is 16.2. The minimum Gasteiger partial charge on any atom is -0.327 e. The van der Waals surface area contributed by atoms with Crippen LogP contribution in [0, 0.1) is 0 Å². The first-order chi connectivity index (χ1) is 8.70. The smallest absolute Gasteiger partial charge is 0.240 e. The standard InChI is InChI=1S/C14H25N3O/c1-2-17(13-7-3-4-8-13)14(18)11-16-9-5-6-12(15)10-16/h7,12H,2-6,8-11,15H2,1H3. The van der Waals surface area contributed by atoms with E-state index in [2.05, 4.69) is 17.9 Å². The molecule has 0 aromatic heterocycles. The van der Waals surface area contributed by atoms with Gasteiger partial charge in [-0.25, -0.2) is 0 Å². The molecule has 1 amide bonds. The van der Waals surface area contributed by atoms with E-state index in [4.69, 9.17) is 5.73 Å². The topological polar surface area (TPSA) is 49.6 Å². The number of nitrogens with two attached hydrogens (primary N) is 1. The van der Waals surface area contributed by atoms with Crippen molar-refractivity contribution < 1.29 is 4.79 Å². The van der Waals surface area contributed by atoms with E-state index in [0.717, 1.165) is 45.3 Å². The number of hydrogen-bond donors (Lipinski definition) is 1. The molecule has 2 aliphatic rings. The second kappa shape index (κ2) is 6.34. The first kappa shape index (κ1) is 13.6. The average molecular weight is 251 g/mol. The van der Waals surface area contributed by atoms with E-state index in [1.54, 1.807) is 0 Å². The van der Waals surface area contributed by atoms with Crippen molar-refractivity contribution in [3.63, 3.8) is 0 Å². The molecule has 0 radical (unpaired) electrons. The van der Waals surface area contributed by atoms with Crippen LogP contribution in [0.15, 0.2) is 11.8 Å². The lowest BCUT2D eigenvalue weighted by Gasteiger charge is -2.32. The van der Waals surface area contributed by atoms with Gasteiger partial charge in [0.2, 0.25) is 5.91 Å². The van der Waals surface area contributed by atoms with Gasteiger partial charge in [-0.15, -0.1) is 0 Å². The molecule has 0 aromatic rings. The molecule has 2 rings (SSSR count). The molecule has 1 fully saturated rings. The normalized spacial score (nSPS) is 25.0. The van der Waals surface area contributed by atoms with Crippen molar-refractivity contribution in [3.8, 4) is 0 Å². The molecule has 102 valence electrons. The van der Waals surface area contributed by atoms with E-state index in [1.807, 2.05) is 4.90 Å². The maximum atomic E-state index is 12.3. The zero-order valence-electron chi connectivity index (χ0n) is 11.4. The molecule has 18 heavy (non-hydrogen) atoms. The summed E-state index contributed by atoms with van der Waals surface area (Å²) in [6.07, 6.45) is 7.78. The number of rotatable bonds is 4. The summed E-state index contributed by atoms with van der Waals surface area (Å²) in [7, 11) is 0.